The summed E-state index contributed by atoms with van der Waals surface area (Å²) in [5.41, 5.74) is -2.09. The van der Waals surface area contributed by atoms with Gasteiger partial charge in [-0.25, -0.2) is 9.59 Å². The number of benzene rings is 1. The fourth-order valence-electron chi connectivity index (χ4n) is 3.45. The number of carbonyl (C=O) groups excluding carboxylic acids is 4. The van der Waals surface area contributed by atoms with Crippen molar-refractivity contribution in [3.8, 4) is 5.75 Å². The van der Waals surface area contributed by atoms with E-state index in [0.717, 1.165) is 0 Å². The minimum absolute atomic E-state index is 0.0642. The highest BCUT2D eigenvalue weighted by Crippen LogP contribution is 2.19. The van der Waals surface area contributed by atoms with Crippen molar-refractivity contribution in [2.75, 3.05) is 0 Å². The van der Waals surface area contributed by atoms with E-state index in [2.05, 4.69) is 27.8 Å². The fraction of sp³-hybridized carbons (Fsp3) is 0.552. The van der Waals surface area contributed by atoms with Crippen LogP contribution in [0.1, 0.15) is 73.8 Å². The van der Waals surface area contributed by atoms with Gasteiger partial charge in [0.25, 0.3) is 0 Å². The van der Waals surface area contributed by atoms with Crippen molar-refractivity contribution in [1.82, 2.24) is 21.3 Å². The Kier molecular flexibility index (Phi) is 12.4. The Bertz CT molecular complexity index is 1100. The fourth-order valence-corrected chi connectivity index (χ4v) is 3.45. The monoisotopic (exact) mass is 576 g/mol. The maximum Gasteiger partial charge on any atom is 0.408 e. The van der Waals surface area contributed by atoms with Crippen LogP contribution in [0.25, 0.3) is 0 Å². The average molecular weight is 577 g/mol. The van der Waals surface area contributed by atoms with E-state index < -0.39 is 58.6 Å². The van der Waals surface area contributed by atoms with Gasteiger partial charge in [0.05, 0.1) is 0 Å². The first kappa shape index (κ1) is 34.9. The first-order chi connectivity index (χ1) is 18.7. The van der Waals surface area contributed by atoms with Gasteiger partial charge in [-0.05, 0) is 85.7 Å². The summed E-state index contributed by atoms with van der Waals surface area (Å²) in [5.74, 6) is -2.64. The Labute approximate surface area is 241 Å². The van der Waals surface area contributed by atoms with Crippen molar-refractivity contribution in [1.29, 1.82) is 0 Å². The third-order valence-corrected chi connectivity index (χ3v) is 5.32. The summed E-state index contributed by atoms with van der Waals surface area (Å²) in [7, 11) is 0. The molecular weight excluding hydrogens is 532 g/mol. The molecule has 0 fully saturated rings. The van der Waals surface area contributed by atoms with Gasteiger partial charge in [0.2, 0.25) is 17.7 Å². The van der Waals surface area contributed by atoms with Crippen molar-refractivity contribution in [2.24, 2.45) is 0 Å². The number of alkyl carbamates (subject to hydrolysis) is 1. The third kappa shape index (κ3) is 13.7. The van der Waals surface area contributed by atoms with E-state index in [-0.39, 0.29) is 19.3 Å². The molecule has 4 amide bonds. The van der Waals surface area contributed by atoms with E-state index >= 15 is 0 Å². The summed E-state index contributed by atoms with van der Waals surface area (Å²) in [5, 5.41) is 19.4. The SMILES string of the molecule is C=CNC(=O)CC[C@H](NC(=O)C(C)(C)NC(=O)C(Cc1ccc(OC(C)(C)C)cc1)NC(=O)OC(C)(C)C)C(=O)O. The Morgan fingerprint density at radius 1 is 0.902 bits per heavy atom. The maximum absolute atomic E-state index is 13.4. The van der Waals surface area contributed by atoms with E-state index in [0.29, 0.717) is 11.3 Å². The van der Waals surface area contributed by atoms with Crippen LogP contribution < -0.4 is 26.0 Å². The molecule has 0 bridgehead atoms. The van der Waals surface area contributed by atoms with Crippen LogP contribution in [0.3, 0.4) is 0 Å². The largest absolute Gasteiger partial charge is 0.488 e. The number of carbonyl (C=O) groups is 5. The van der Waals surface area contributed by atoms with Crippen molar-refractivity contribution >= 4 is 29.8 Å². The molecule has 1 aromatic rings. The Balaban J connectivity index is 3.07. The van der Waals surface area contributed by atoms with E-state index in [9.17, 15) is 29.1 Å². The first-order valence-electron chi connectivity index (χ1n) is 13.3. The molecule has 12 nitrogen and oxygen atoms in total. The van der Waals surface area contributed by atoms with Gasteiger partial charge >= 0.3 is 12.1 Å². The summed E-state index contributed by atoms with van der Waals surface area (Å²) < 4.78 is 11.1. The molecule has 0 saturated heterocycles. The van der Waals surface area contributed by atoms with Crippen LogP contribution in [0.5, 0.6) is 5.75 Å². The lowest BCUT2D eigenvalue weighted by molar-refractivity contribution is -0.143. The predicted octanol–water partition coefficient (Wildman–Crippen LogP) is 2.80. The first-order valence-corrected chi connectivity index (χ1v) is 13.3. The second-order valence-corrected chi connectivity index (χ2v) is 12.1. The standard InChI is InChI=1S/C29H44N4O8/c1-10-30-22(34)16-15-20(24(36)37)31-25(38)29(8,9)33-23(35)21(32-26(39)41-28(5,6)7)17-18-11-13-19(14-12-18)40-27(2,3)4/h10-14,20-21H,1,15-17H2,2-9H3,(H,30,34)(H,31,38)(H,32,39)(H,33,35)(H,36,37)/t20-,21?/m0/s1. The Hall–Kier alpha value is -4.09. The number of nitrogens with one attached hydrogen (secondary N) is 4. The van der Waals surface area contributed by atoms with Crippen molar-refractivity contribution in [3.63, 3.8) is 0 Å². The van der Waals surface area contributed by atoms with E-state index in [4.69, 9.17) is 9.47 Å². The number of aliphatic carboxylic acids is 1. The lowest BCUT2D eigenvalue weighted by atomic mass is 10.00. The lowest BCUT2D eigenvalue weighted by Gasteiger charge is -2.30. The zero-order valence-electron chi connectivity index (χ0n) is 25.2. The highest BCUT2D eigenvalue weighted by molar-refractivity contribution is 5.95. The molecule has 0 aliphatic heterocycles. The molecule has 228 valence electrons. The zero-order chi connectivity index (χ0) is 31.6. The molecule has 1 rings (SSSR count). The van der Waals surface area contributed by atoms with E-state index in [1.165, 1.54) is 20.0 Å². The van der Waals surface area contributed by atoms with Crippen LogP contribution in [0, 0.1) is 0 Å². The van der Waals surface area contributed by atoms with Gasteiger partial charge in [-0.1, -0.05) is 18.7 Å². The molecule has 2 atom stereocenters. The molecule has 41 heavy (non-hydrogen) atoms. The number of rotatable bonds is 13. The Morgan fingerprint density at radius 2 is 1.49 bits per heavy atom. The van der Waals surface area contributed by atoms with Gasteiger partial charge in [0, 0.05) is 12.8 Å². The van der Waals surface area contributed by atoms with Crippen molar-refractivity contribution < 1.29 is 38.6 Å². The molecule has 0 heterocycles. The quantitative estimate of drug-likeness (QED) is 0.238. The molecular formula is C29H44N4O8. The van der Waals surface area contributed by atoms with Crippen molar-refractivity contribution in [3.05, 3.63) is 42.6 Å². The van der Waals surface area contributed by atoms with E-state index in [1.54, 1.807) is 45.0 Å². The minimum atomic E-state index is -1.58. The minimum Gasteiger partial charge on any atom is -0.488 e. The summed E-state index contributed by atoms with van der Waals surface area (Å²) >= 11 is 0. The van der Waals surface area contributed by atoms with E-state index in [1.807, 2.05) is 20.8 Å². The maximum atomic E-state index is 13.4. The van der Waals surface area contributed by atoms with Gasteiger partial charge in [-0.15, -0.1) is 0 Å². The predicted molar refractivity (Wildman–Crippen MR) is 153 cm³/mol. The molecule has 1 aromatic carbocycles. The molecule has 5 N–H and O–H groups in total. The molecule has 0 spiro atoms. The van der Waals surface area contributed by atoms with Gasteiger partial charge in [0.1, 0.15) is 34.6 Å². The third-order valence-electron chi connectivity index (χ3n) is 5.32. The number of ether oxygens (including phenoxy) is 2. The number of amides is 4. The zero-order valence-corrected chi connectivity index (χ0v) is 25.2. The summed E-state index contributed by atoms with van der Waals surface area (Å²) in [6.07, 6.45) is 0.0659. The molecule has 1 unspecified atom stereocenters. The second kappa shape index (κ2) is 14.5. The summed E-state index contributed by atoms with van der Waals surface area (Å²) in [6, 6.07) is 4.51. The summed E-state index contributed by atoms with van der Waals surface area (Å²) in [4.78, 5) is 62.3. The molecule has 0 aliphatic carbocycles. The number of hydrogen-bond acceptors (Lipinski definition) is 7. The van der Waals surface area contributed by atoms with Crippen molar-refractivity contribution in [2.45, 2.75) is 103 Å². The average Bonchev–Trinajstić information content (AvgIpc) is 2.79. The van der Waals surface area contributed by atoms with Gasteiger partial charge in [-0.2, -0.15) is 0 Å². The highest BCUT2D eigenvalue weighted by Gasteiger charge is 2.35. The smallest absolute Gasteiger partial charge is 0.408 e. The normalized spacial score (nSPS) is 13.2. The van der Waals surface area contributed by atoms with Crippen LogP contribution in [0.2, 0.25) is 0 Å². The molecule has 0 radical (unpaired) electrons. The van der Waals surface area contributed by atoms with Crippen LogP contribution >= 0.6 is 0 Å². The molecule has 0 saturated carbocycles. The Morgan fingerprint density at radius 3 is 1.98 bits per heavy atom. The highest BCUT2D eigenvalue weighted by atomic mass is 16.6. The number of carboxylic acid groups (broad SMARTS) is 1. The second-order valence-electron chi connectivity index (χ2n) is 12.1. The van der Waals surface area contributed by atoms with Crippen LogP contribution in [-0.4, -0.2) is 63.7 Å². The lowest BCUT2D eigenvalue weighted by Crippen LogP contribution is -2.61. The van der Waals surface area contributed by atoms with Gasteiger partial charge in [-0.3, -0.25) is 14.4 Å². The van der Waals surface area contributed by atoms with Gasteiger partial charge < -0.3 is 35.8 Å². The van der Waals surface area contributed by atoms with Crippen LogP contribution in [-0.2, 0) is 30.3 Å². The van der Waals surface area contributed by atoms with Gasteiger partial charge in [0.15, 0.2) is 0 Å². The molecule has 0 aliphatic rings. The van der Waals surface area contributed by atoms with Crippen LogP contribution in [0.15, 0.2) is 37.0 Å². The summed E-state index contributed by atoms with van der Waals surface area (Å²) in [6.45, 7) is 17.0. The van der Waals surface area contributed by atoms with Crippen LogP contribution in [0.4, 0.5) is 4.79 Å². The molecule has 12 heteroatoms. The number of hydrogen-bond donors (Lipinski definition) is 5. The number of carboxylic acids is 1. The molecule has 0 aromatic heterocycles. The topological polar surface area (TPSA) is 172 Å².